The van der Waals surface area contributed by atoms with Crippen LogP contribution in [0.25, 0.3) is 0 Å². The van der Waals surface area contributed by atoms with Gasteiger partial charge in [-0.15, -0.1) is 11.3 Å². The van der Waals surface area contributed by atoms with Crippen LogP contribution in [-0.2, 0) is 27.1 Å². The molecule has 0 saturated carbocycles. The second-order valence-corrected chi connectivity index (χ2v) is 11.7. The number of hydrogen-bond acceptors (Lipinski definition) is 8. The highest BCUT2D eigenvalue weighted by Gasteiger charge is 2.24. The van der Waals surface area contributed by atoms with Crippen molar-refractivity contribution in [2.75, 3.05) is 11.3 Å². The van der Waals surface area contributed by atoms with Crippen LogP contribution in [0, 0.1) is 0 Å². The standard InChI is InChI=1S/C23H25Cl2N7O5S2/c24-15-6-5-14(11-16(15)25)13-39(36,37)31-18-4-2-9-32(22(18)35)12-19(33)30-17(3-1-7-29-23(26)27)20(34)21-28-8-10-38-21/h2,4-6,8-11,17,31H,1,3,7,12-13H2,(H,30,33)(H4,26,27,29). The van der Waals surface area contributed by atoms with Gasteiger partial charge < -0.3 is 21.4 Å². The van der Waals surface area contributed by atoms with Gasteiger partial charge in [-0.3, -0.25) is 24.1 Å². The first-order chi connectivity index (χ1) is 18.4. The summed E-state index contributed by atoms with van der Waals surface area (Å²) in [6.45, 7) is -0.208. The van der Waals surface area contributed by atoms with Crippen molar-refractivity contribution in [3.05, 3.63) is 79.1 Å². The second-order valence-electron chi connectivity index (χ2n) is 8.23. The van der Waals surface area contributed by atoms with Gasteiger partial charge in [0.2, 0.25) is 21.7 Å². The number of nitrogens with two attached hydrogens (primary N) is 2. The SMILES string of the molecule is NC(N)=NCCCC(NC(=O)Cn1cccc(NS(=O)(=O)Cc2ccc(Cl)c(Cl)c2)c1=O)C(=O)c1nccs1. The van der Waals surface area contributed by atoms with Gasteiger partial charge in [-0.1, -0.05) is 29.3 Å². The Morgan fingerprint density at radius 3 is 2.62 bits per heavy atom. The molecule has 39 heavy (non-hydrogen) atoms. The number of rotatable bonds is 13. The van der Waals surface area contributed by atoms with Crippen LogP contribution in [0.1, 0.15) is 28.2 Å². The molecule has 0 saturated heterocycles. The van der Waals surface area contributed by atoms with Crippen molar-refractivity contribution < 1.29 is 18.0 Å². The number of carbonyl (C=O) groups is 2. The fraction of sp³-hybridized carbons (Fsp3) is 0.261. The quantitative estimate of drug-likeness (QED) is 0.0972. The Hall–Kier alpha value is -3.46. The number of ketones is 1. The third kappa shape index (κ3) is 9.06. The number of guanidine groups is 1. The average Bonchev–Trinajstić information content (AvgIpc) is 3.40. The number of anilines is 1. The molecule has 1 unspecified atom stereocenters. The highest BCUT2D eigenvalue weighted by molar-refractivity contribution is 7.91. The number of sulfonamides is 1. The number of amides is 1. The van der Waals surface area contributed by atoms with Crippen LogP contribution in [0.2, 0.25) is 10.0 Å². The Bertz CT molecular complexity index is 1520. The topological polar surface area (TPSA) is 192 Å². The molecule has 12 nitrogen and oxygen atoms in total. The number of Topliss-reactive ketones (excluding diaryl/α,β-unsaturated/α-hetero) is 1. The van der Waals surface area contributed by atoms with Gasteiger partial charge in [-0.05, 0) is 42.7 Å². The summed E-state index contributed by atoms with van der Waals surface area (Å²) in [5, 5.41) is 4.95. The molecule has 0 radical (unpaired) electrons. The zero-order valence-corrected chi connectivity index (χ0v) is 23.5. The minimum absolute atomic E-state index is 0.0892. The average molecular weight is 615 g/mol. The maximum Gasteiger partial charge on any atom is 0.275 e. The van der Waals surface area contributed by atoms with Crippen molar-refractivity contribution >= 4 is 67.9 Å². The molecule has 0 aliphatic rings. The monoisotopic (exact) mass is 613 g/mol. The smallest absolute Gasteiger partial charge is 0.275 e. The Labute approximate surface area is 238 Å². The van der Waals surface area contributed by atoms with E-state index in [9.17, 15) is 22.8 Å². The Morgan fingerprint density at radius 2 is 1.95 bits per heavy atom. The molecular weight excluding hydrogens is 589 g/mol. The van der Waals surface area contributed by atoms with E-state index < -0.39 is 39.8 Å². The molecule has 0 bridgehead atoms. The van der Waals surface area contributed by atoms with Gasteiger partial charge in [0.1, 0.15) is 12.2 Å². The molecule has 1 atom stereocenters. The summed E-state index contributed by atoms with van der Waals surface area (Å²) in [5.74, 6) is -1.57. The van der Waals surface area contributed by atoms with E-state index in [0.29, 0.717) is 12.0 Å². The number of nitrogens with zero attached hydrogens (tertiary/aromatic N) is 3. The number of aliphatic imine (C=N–C) groups is 1. The minimum Gasteiger partial charge on any atom is -0.370 e. The highest BCUT2D eigenvalue weighted by atomic mass is 35.5. The maximum absolute atomic E-state index is 12.9. The van der Waals surface area contributed by atoms with Crippen LogP contribution >= 0.6 is 34.5 Å². The van der Waals surface area contributed by atoms with Crippen LogP contribution < -0.4 is 27.1 Å². The first-order valence-electron chi connectivity index (χ1n) is 11.4. The van der Waals surface area contributed by atoms with E-state index in [1.165, 1.54) is 42.7 Å². The first-order valence-corrected chi connectivity index (χ1v) is 14.7. The van der Waals surface area contributed by atoms with Crippen molar-refractivity contribution in [1.82, 2.24) is 14.9 Å². The Morgan fingerprint density at radius 1 is 1.18 bits per heavy atom. The fourth-order valence-electron chi connectivity index (χ4n) is 3.45. The lowest BCUT2D eigenvalue weighted by atomic mass is 10.1. The third-order valence-corrected chi connectivity index (χ3v) is 7.95. The van der Waals surface area contributed by atoms with Crippen LogP contribution in [0.3, 0.4) is 0 Å². The van der Waals surface area contributed by atoms with Gasteiger partial charge in [0.15, 0.2) is 11.0 Å². The summed E-state index contributed by atoms with van der Waals surface area (Å²) in [7, 11) is -4.00. The van der Waals surface area contributed by atoms with E-state index in [2.05, 4.69) is 20.0 Å². The molecule has 0 aliphatic heterocycles. The molecule has 2 heterocycles. The predicted molar refractivity (Wildman–Crippen MR) is 152 cm³/mol. The van der Waals surface area contributed by atoms with E-state index in [0.717, 1.165) is 15.9 Å². The van der Waals surface area contributed by atoms with Crippen molar-refractivity contribution in [2.24, 2.45) is 16.5 Å². The van der Waals surface area contributed by atoms with Crippen molar-refractivity contribution in [3.8, 4) is 0 Å². The molecule has 1 amide bonds. The summed E-state index contributed by atoms with van der Waals surface area (Å²) >= 11 is 13.0. The normalized spacial score (nSPS) is 11.9. The minimum atomic E-state index is -4.00. The van der Waals surface area contributed by atoms with E-state index in [4.69, 9.17) is 34.7 Å². The molecule has 208 valence electrons. The number of pyridine rings is 1. The number of hydrogen-bond donors (Lipinski definition) is 4. The number of aromatic nitrogens is 2. The van der Waals surface area contributed by atoms with Gasteiger partial charge in [0.05, 0.1) is 21.8 Å². The van der Waals surface area contributed by atoms with E-state index >= 15 is 0 Å². The van der Waals surface area contributed by atoms with E-state index in [-0.39, 0.29) is 45.4 Å². The van der Waals surface area contributed by atoms with Gasteiger partial charge in [-0.25, -0.2) is 13.4 Å². The molecule has 1 aromatic carbocycles. The first kappa shape index (κ1) is 30.1. The van der Waals surface area contributed by atoms with Crippen LogP contribution in [0.4, 0.5) is 5.69 Å². The summed E-state index contributed by atoms with van der Waals surface area (Å²) in [6, 6.07) is 6.15. The summed E-state index contributed by atoms with van der Waals surface area (Å²) in [4.78, 5) is 46.5. The third-order valence-electron chi connectivity index (χ3n) is 5.18. The molecule has 2 aromatic heterocycles. The molecular formula is C23H25Cl2N7O5S2. The zero-order valence-electron chi connectivity index (χ0n) is 20.3. The Balaban J connectivity index is 1.70. The summed E-state index contributed by atoms with van der Waals surface area (Å²) < 4.78 is 28.6. The number of halogens is 2. The molecule has 3 rings (SSSR count). The summed E-state index contributed by atoms with van der Waals surface area (Å²) in [5.41, 5.74) is 10.0. The van der Waals surface area contributed by atoms with E-state index in [1.54, 1.807) is 5.38 Å². The number of benzene rings is 1. The Kier molecular flexibility index (Phi) is 10.5. The van der Waals surface area contributed by atoms with Crippen LogP contribution in [0.15, 0.2) is 57.9 Å². The van der Waals surface area contributed by atoms with Gasteiger partial charge in [-0.2, -0.15) is 0 Å². The fourth-order valence-corrected chi connectivity index (χ4v) is 5.59. The van der Waals surface area contributed by atoms with Gasteiger partial charge in [0, 0.05) is 24.3 Å². The number of nitrogens with one attached hydrogen (secondary N) is 2. The largest absolute Gasteiger partial charge is 0.370 e. The number of thiazole rings is 1. The lowest BCUT2D eigenvalue weighted by Gasteiger charge is -2.17. The predicted octanol–water partition coefficient (Wildman–Crippen LogP) is 1.97. The van der Waals surface area contributed by atoms with Crippen molar-refractivity contribution in [2.45, 2.75) is 31.2 Å². The van der Waals surface area contributed by atoms with Crippen molar-refractivity contribution in [1.29, 1.82) is 0 Å². The van der Waals surface area contributed by atoms with E-state index in [1.807, 2.05) is 0 Å². The second kappa shape index (κ2) is 13.6. The van der Waals surface area contributed by atoms with Crippen LogP contribution in [-0.4, -0.2) is 48.2 Å². The highest BCUT2D eigenvalue weighted by Crippen LogP contribution is 2.23. The van der Waals surface area contributed by atoms with Crippen LogP contribution in [0.5, 0.6) is 0 Å². The zero-order chi connectivity index (χ0) is 28.6. The molecule has 0 aliphatic carbocycles. The molecule has 0 fully saturated rings. The summed E-state index contributed by atoms with van der Waals surface area (Å²) in [6.07, 6.45) is 3.43. The molecule has 0 spiro atoms. The maximum atomic E-state index is 12.9. The lowest BCUT2D eigenvalue weighted by Crippen LogP contribution is -2.43. The lowest BCUT2D eigenvalue weighted by molar-refractivity contribution is -0.122. The van der Waals surface area contributed by atoms with Gasteiger partial charge >= 0.3 is 0 Å². The van der Waals surface area contributed by atoms with Crippen molar-refractivity contribution in [3.63, 3.8) is 0 Å². The molecule has 6 N–H and O–H groups in total. The van der Waals surface area contributed by atoms with Gasteiger partial charge in [0.25, 0.3) is 5.56 Å². The molecule has 3 aromatic rings. The molecule has 16 heteroatoms. The number of carbonyl (C=O) groups excluding carboxylic acids is 2.